The number of carbonyl (C=O) groups is 1. The monoisotopic (exact) mass is 520 g/mol. The first kappa shape index (κ1) is 27.5. The largest absolute Gasteiger partial charge is 0.383 e. The minimum absolute atomic E-state index is 0.121. The number of aliphatic imine (C=N–C) groups is 1. The number of anilines is 1. The maximum absolute atomic E-state index is 13.2. The van der Waals surface area contributed by atoms with Gasteiger partial charge in [0, 0.05) is 37.1 Å². The van der Waals surface area contributed by atoms with E-state index in [0.717, 1.165) is 46.1 Å². The van der Waals surface area contributed by atoms with Gasteiger partial charge in [0.2, 0.25) is 0 Å². The molecule has 3 N–H and O–H groups in total. The molecule has 0 aliphatic rings. The lowest BCUT2D eigenvalue weighted by atomic mass is 10.1. The summed E-state index contributed by atoms with van der Waals surface area (Å²) >= 11 is 0. The van der Waals surface area contributed by atoms with Crippen LogP contribution in [0.1, 0.15) is 59.4 Å². The van der Waals surface area contributed by atoms with Crippen LogP contribution in [0.25, 0.3) is 10.8 Å². The van der Waals surface area contributed by atoms with Crippen LogP contribution in [0, 0.1) is 0 Å². The molecule has 7 nitrogen and oxygen atoms in total. The summed E-state index contributed by atoms with van der Waals surface area (Å²) in [6, 6.07) is 16.3. The van der Waals surface area contributed by atoms with E-state index in [0.29, 0.717) is 24.5 Å². The Morgan fingerprint density at radius 1 is 1.13 bits per heavy atom. The Kier molecular flexibility index (Phi) is 9.05. The SMILES string of the molecule is C=C/C=C(C)\C=N/CCc1ccc(Cn2cc(C(=O)NCc3ccc4c(N)nccc4c3)c(C(C)C)n2)cc1. The van der Waals surface area contributed by atoms with Crippen LogP contribution in [0.3, 0.4) is 0 Å². The van der Waals surface area contributed by atoms with Gasteiger partial charge in [0.1, 0.15) is 5.82 Å². The average Bonchev–Trinajstić information content (AvgIpc) is 3.35. The van der Waals surface area contributed by atoms with Crippen LogP contribution in [0.4, 0.5) is 5.82 Å². The predicted molar refractivity (Wildman–Crippen MR) is 160 cm³/mol. The second-order valence-corrected chi connectivity index (χ2v) is 9.96. The van der Waals surface area contributed by atoms with Gasteiger partial charge >= 0.3 is 0 Å². The van der Waals surface area contributed by atoms with E-state index < -0.39 is 0 Å². The quantitative estimate of drug-likeness (QED) is 0.191. The molecule has 0 bridgehead atoms. The first-order valence-corrected chi connectivity index (χ1v) is 13.2. The predicted octanol–water partition coefficient (Wildman–Crippen LogP) is 5.86. The van der Waals surface area contributed by atoms with Crippen LogP contribution < -0.4 is 11.1 Å². The zero-order valence-corrected chi connectivity index (χ0v) is 22.9. The maximum Gasteiger partial charge on any atom is 0.255 e. The third kappa shape index (κ3) is 7.29. The Balaban J connectivity index is 1.38. The third-order valence-electron chi connectivity index (χ3n) is 6.47. The topological polar surface area (TPSA) is 98.2 Å². The molecule has 0 aliphatic carbocycles. The number of amides is 1. The maximum atomic E-state index is 13.2. The van der Waals surface area contributed by atoms with Gasteiger partial charge in [-0.2, -0.15) is 5.10 Å². The molecule has 2 heterocycles. The van der Waals surface area contributed by atoms with E-state index in [4.69, 9.17) is 10.8 Å². The number of hydrogen-bond donors (Lipinski definition) is 2. The summed E-state index contributed by atoms with van der Waals surface area (Å²) in [7, 11) is 0. The number of fused-ring (bicyclic) bond motifs is 1. The lowest BCUT2D eigenvalue weighted by molar-refractivity contribution is 0.0949. The van der Waals surface area contributed by atoms with E-state index in [1.165, 1.54) is 5.56 Å². The van der Waals surface area contributed by atoms with Gasteiger partial charge in [0.05, 0.1) is 17.8 Å². The third-order valence-corrected chi connectivity index (χ3v) is 6.47. The van der Waals surface area contributed by atoms with Crippen molar-refractivity contribution in [1.29, 1.82) is 0 Å². The Labute approximate surface area is 230 Å². The van der Waals surface area contributed by atoms with Crippen LogP contribution in [-0.2, 0) is 19.5 Å². The van der Waals surface area contributed by atoms with E-state index in [-0.39, 0.29) is 11.8 Å². The van der Waals surface area contributed by atoms with Crippen LogP contribution in [0.5, 0.6) is 0 Å². The number of aromatic nitrogens is 3. The van der Waals surface area contributed by atoms with Crippen molar-refractivity contribution in [1.82, 2.24) is 20.1 Å². The minimum atomic E-state index is -0.131. The zero-order chi connectivity index (χ0) is 27.8. The second kappa shape index (κ2) is 12.8. The fourth-order valence-corrected chi connectivity index (χ4v) is 4.39. The lowest BCUT2D eigenvalue weighted by Crippen LogP contribution is -2.23. The number of benzene rings is 2. The molecule has 0 spiro atoms. The van der Waals surface area contributed by atoms with Gasteiger partial charge in [-0.05, 0) is 59.0 Å². The van der Waals surface area contributed by atoms with Gasteiger partial charge in [0.15, 0.2) is 0 Å². The van der Waals surface area contributed by atoms with Gasteiger partial charge in [-0.1, -0.05) is 69.0 Å². The van der Waals surface area contributed by atoms with Gasteiger partial charge in [-0.25, -0.2) is 4.98 Å². The molecule has 0 unspecified atom stereocenters. The molecule has 1 amide bonds. The van der Waals surface area contributed by atoms with Crippen molar-refractivity contribution < 1.29 is 4.79 Å². The Hall–Kier alpha value is -4.52. The van der Waals surface area contributed by atoms with Crippen LogP contribution >= 0.6 is 0 Å². The number of nitrogens with two attached hydrogens (primary N) is 1. The van der Waals surface area contributed by atoms with Gasteiger partial charge < -0.3 is 11.1 Å². The van der Waals surface area contributed by atoms with Crippen molar-refractivity contribution >= 4 is 28.7 Å². The fourth-order valence-electron chi connectivity index (χ4n) is 4.39. The lowest BCUT2D eigenvalue weighted by Gasteiger charge is -2.08. The fraction of sp³-hybridized carbons (Fsp3) is 0.250. The van der Waals surface area contributed by atoms with Crippen LogP contribution in [-0.4, -0.2) is 33.4 Å². The molecule has 0 radical (unpaired) electrons. The molecule has 39 heavy (non-hydrogen) atoms. The Morgan fingerprint density at radius 3 is 2.62 bits per heavy atom. The summed E-state index contributed by atoms with van der Waals surface area (Å²) in [4.78, 5) is 21.8. The Morgan fingerprint density at radius 2 is 1.87 bits per heavy atom. The number of carbonyl (C=O) groups excluding carboxylic acids is 1. The summed E-state index contributed by atoms with van der Waals surface area (Å²) in [6.45, 7) is 11.6. The number of pyridine rings is 1. The van der Waals surface area contributed by atoms with E-state index >= 15 is 0 Å². The number of nitrogen functional groups attached to an aromatic ring is 1. The van der Waals surface area contributed by atoms with Crippen molar-refractivity contribution in [2.24, 2.45) is 4.99 Å². The molecule has 7 heteroatoms. The van der Waals surface area contributed by atoms with Gasteiger partial charge in [0.25, 0.3) is 5.91 Å². The molecule has 2 aromatic carbocycles. The van der Waals surface area contributed by atoms with Gasteiger partial charge in [-0.15, -0.1) is 0 Å². The summed E-state index contributed by atoms with van der Waals surface area (Å²) < 4.78 is 1.85. The summed E-state index contributed by atoms with van der Waals surface area (Å²) in [5, 5.41) is 9.71. The number of nitrogens with zero attached hydrogens (tertiary/aromatic N) is 4. The van der Waals surface area contributed by atoms with Gasteiger partial charge in [-0.3, -0.25) is 14.5 Å². The highest BCUT2D eigenvalue weighted by molar-refractivity contribution is 5.95. The van der Waals surface area contributed by atoms with E-state index in [2.05, 4.69) is 60.0 Å². The first-order chi connectivity index (χ1) is 18.8. The molecule has 2 aromatic heterocycles. The molecular weight excluding hydrogens is 484 g/mol. The van der Waals surface area contributed by atoms with Crippen molar-refractivity contribution in [2.75, 3.05) is 12.3 Å². The normalized spacial score (nSPS) is 11.9. The van der Waals surface area contributed by atoms with E-state index in [1.807, 2.05) is 54.4 Å². The Bertz CT molecular complexity index is 1510. The molecule has 0 aliphatic heterocycles. The average molecular weight is 521 g/mol. The standard InChI is InChI=1S/C32H36N6O/c1-5-6-23(4)18-34-15-13-24-7-9-25(10-8-24)20-38-21-29(30(37-38)22(2)3)32(39)36-19-26-11-12-28-27(17-26)14-16-35-31(28)33/h5-12,14,16-18,21-22H,1,13,15,19-20H2,2-4H3,(H2,33,35)(H,36,39)/b23-6-,34-18-. The number of allylic oxidation sites excluding steroid dienone is 3. The van der Waals surface area contributed by atoms with Crippen molar-refractivity contribution in [3.63, 3.8) is 0 Å². The molecule has 0 fully saturated rings. The van der Waals surface area contributed by atoms with Crippen LogP contribution in [0.15, 0.2) is 90.2 Å². The minimum Gasteiger partial charge on any atom is -0.383 e. The van der Waals surface area contributed by atoms with Crippen molar-refractivity contribution in [2.45, 2.75) is 46.2 Å². The smallest absolute Gasteiger partial charge is 0.255 e. The summed E-state index contributed by atoms with van der Waals surface area (Å²) in [5.74, 6) is 0.493. The molecule has 4 rings (SSSR count). The molecule has 0 saturated heterocycles. The van der Waals surface area contributed by atoms with Crippen molar-refractivity contribution in [3.8, 4) is 0 Å². The second-order valence-electron chi connectivity index (χ2n) is 9.96. The van der Waals surface area contributed by atoms with E-state index in [1.54, 1.807) is 12.3 Å². The zero-order valence-electron chi connectivity index (χ0n) is 22.9. The first-order valence-electron chi connectivity index (χ1n) is 13.2. The van der Waals surface area contributed by atoms with E-state index in [9.17, 15) is 4.79 Å². The number of nitrogens with one attached hydrogen (secondary N) is 1. The number of hydrogen-bond acceptors (Lipinski definition) is 5. The van der Waals surface area contributed by atoms with Crippen LogP contribution in [0.2, 0.25) is 0 Å². The summed E-state index contributed by atoms with van der Waals surface area (Å²) in [5.41, 5.74) is 11.8. The number of rotatable bonds is 11. The molecule has 0 saturated carbocycles. The highest BCUT2D eigenvalue weighted by atomic mass is 16.1. The molecule has 200 valence electrons. The molecule has 4 aromatic rings. The van der Waals surface area contributed by atoms with Crippen molar-refractivity contribution in [3.05, 3.63) is 113 Å². The highest BCUT2D eigenvalue weighted by Gasteiger charge is 2.19. The molecular formula is C32H36N6O. The highest BCUT2D eigenvalue weighted by Crippen LogP contribution is 2.21. The summed E-state index contributed by atoms with van der Waals surface area (Å²) in [6.07, 6.45) is 10.00. The molecule has 0 atom stereocenters.